The lowest BCUT2D eigenvalue weighted by molar-refractivity contribution is -0.147. The molecule has 4 aliphatic rings. The number of Topliss-reactive ketones (excluding diaryl/α,β-unsaturated/α-hetero) is 4. The van der Waals surface area contributed by atoms with Crippen molar-refractivity contribution < 1.29 is 24.3 Å². The van der Waals surface area contributed by atoms with Crippen LogP contribution in [0, 0.1) is 33.5 Å². The third kappa shape index (κ3) is 2.20. The molecule has 1 N–H and O–H groups in total. The van der Waals surface area contributed by atoms with Crippen LogP contribution in [0.4, 0.5) is 0 Å². The SMILES string of the molecule is CC(=O)C1CC(O)C2(C)C3=C(C(=O)CC12C)C1(C)CCC(=O)C(C)(C)C1CC3=O. The molecule has 2 fully saturated rings. The maximum atomic E-state index is 13.6. The van der Waals surface area contributed by atoms with Crippen molar-refractivity contribution >= 4 is 23.1 Å². The Bertz CT molecular complexity index is 895. The van der Waals surface area contributed by atoms with E-state index in [1.54, 1.807) is 0 Å². The van der Waals surface area contributed by atoms with E-state index in [0.717, 1.165) is 0 Å². The lowest BCUT2D eigenvalue weighted by Crippen LogP contribution is -2.59. The molecule has 5 heteroatoms. The summed E-state index contributed by atoms with van der Waals surface area (Å²) in [6.45, 7) is 11.1. The number of fused-ring (bicyclic) bond motifs is 4. The highest BCUT2D eigenvalue weighted by atomic mass is 16.3. The third-order valence-electron chi connectivity index (χ3n) is 9.62. The van der Waals surface area contributed by atoms with E-state index < -0.39 is 33.7 Å². The summed E-state index contributed by atoms with van der Waals surface area (Å²) in [7, 11) is 0. The van der Waals surface area contributed by atoms with E-state index >= 15 is 0 Å². The molecule has 158 valence electrons. The van der Waals surface area contributed by atoms with Gasteiger partial charge in [0.05, 0.1) is 6.10 Å². The average molecular weight is 401 g/mol. The van der Waals surface area contributed by atoms with E-state index in [-0.39, 0.29) is 48.3 Å². The first kappa shape index (κ1) is 20.6. The molecule has 0 saturated heterocycles. The van der Waals surface area contributed by atoms with E-state index in [1.807, 2.05) is 34.6 Å². The Morgan fingerprint density at radius 1 is 1.00 bits per heavy atom. The van der Waals surface area contributed by atoms with E-state index in [2.05, 4.69) is 0 Å². The van der Waals surface area contributed by atoms with Gasteiger partial charge in [-0.3, -0.25) is 19.2 Å². The lowest BCUT2D eigenvalue weighted by atomic mass is 9.43. The van der Waals surface area contributed by atoms with Crippen LogP contribution in [0.15, 0.2) is 11.1 Å². The van der Waals surface area contributed by atoms with Crippen LogP contribution in [0.3, 0.4) is 0 Å². The number of hydrogen-bond acceptors (Lipinski definition) is 5. The van der Waals surface area contributed by atoms with Gasteiger partial charge in [-0.15, -0.1) is 0 Å². The minimum atomic E-state index is -0.927. The Kier molecular flexibility index (Phi) is 4.09. The van der Waals surface area contributed by atoms with Gasteiger partial charge in [-0.1, -0.05) is 34.6 Å². The van der Waals surface area contributed by atoms with Crippen molar-refractivity contribution in [3.8, 4) is 0 Å². The van der Waals surface area contributed by atoms with Crippen molar-refractivity contribution in [2.24, 2.45) is 33.5 Å². The zero-order chi connectivity index (χ0) is 21.7. The average Bonchev–Trinajstić information content (AvgIpc) is 2.81. The minimum absolute atomic E-state index is 0.0381. The Morgan fingerprint density at radius 2 is 1.62 bits per heavy atom. The van der Waals surface area contributed by atoms with Gasteiger partial charge in [0, 0.05) is 52.6 Å². The highest BCUT2D eigenvalue weighted by Gasteiger charge is 2.70. The molecular weight excluding hydrogens is 368 g/mol. The van der Waals surface area contributed by atoms with Crippen LogP contribution in [0.1, 0.15) is 73.6 Å². The van der Waals surface area contributed by atoms with Crippen LogP contribution in [-0.2, 0) is 19.2 Å². The second-order valence-electron chi connectivity index (χ2n) is 11.1. The molecule has 0 aromatic heterocycles. The summed E-state index contributed by atoms with van der Waals surface area (Å²) in [5.74, 6) is -0.761. The van der Waals surface area contributed by atoms with Gasteiger partial charge < -0.3 is 5.11 Å². The smallest absolute Gasteiger partial charge is 0.160 e. The third-order valence-corrected chi connectivity index (χ3v) is 9.62. The minimum Gasteiger partial charge on any atom is -0.392 e. The van der Waals surface area contributed by atoms with Crippen LogP contribution >= 0.6 is 0 Å². The van der Waals surface area contributed by atoms with Gasteiger partial charge in [0.15, 0.2) is 11.6 Å². The molecule has 0 aromatic carbocycles. The molecule has 0 spiro atoms. The van der Waals surface area contributed by atoms with Crippen molar-refractivity contribution in [1.82, 2.24) is 0 Å². The number of hydrogen-bond donors (Lipinski definition) is 1. The number of ketones is 4. The summed E-state index contributed by atoms with van der Waals surface area (Å²) >= 11 is 0. The molecule has 0 heterocycles. The molecule has 6 atom stereocenters. The topological polar surface area (TPSA) is 88.5 Å². The molecule has 0 bridgehead atoms. The molecule has 0 radical (unpaired) electrons. The first-order valence-corrected chi connectivity index (χ1v) is 10.8. The number of carbonyl (C=O) groups excluding carboxylic acids is 4. The summed E-state index contributed by atoms with van der Waals surface area (Å²) in [6, 6.07) is 0. The largest absolute Gasteiger partial charge is 0.392 e. The molecular formula is C24H32O5. The highest BCUT2D eigenvalue weighted by Crippen LogP contribution is 2.69. The lowest BCUT2D eigenvalue weighted by Gasteiger charge is -2.59. The Morgan fingerprint density at radius 3 is 2.21 bits per heavy atom. The first-order valence-electron chi connectivity index (χ1n) is 10.8. The summed E-state index contributed by atoms with van der Waals surface area (Å²) in [6.07, 6.45) is 0.755. The van der Waals surface area contributed by atoms with Crippen LogP contribution < -0.4 is 0 Å². The molecule has 0 amide bonds. The quantitative estimate of drug-likeness (QED) is 0.730. The second-order valence-corrected chi connectivity index (χ2v) is 11.1. The van der Waals surface area contributed by atoms with Gasteiger partial charge >= 0.3 is 0 Å². The van der Waals surface area contributed by atoms with Gasteiger partial charge in [-0.25, -0.2) is 0 Å². The molecule has 29 heavy (non-hydrogen) atoms. The number of allylic oxidation sites excluding steroid dienone is 1. The van der Waals surface area contributed by atoms with Gasteiger partial charge in [0.25, 0.3) is 0 Å². The number of carbonyl (C=O) groups is 4. The van der Waals surface area contributed by atoms with Crippen molar-refractivity contribution in [3.05, 3.63) is 11.1 Å². The first-order chi connectivity index (χ1) is 13.2. The number of rotatable bonds is 1. The maximum Gasteiger partial charge on any atom is 0.160 e. The normalized spacial score (nSPS) is 46.3. The predicted octanol–water partition coefficient (Wildman–Crippen LogP) is 3.22. The van der Waals surface area contributed by atoms with Gasteiger partial charge in [0.1, 0.15) is 11.6 Å². The van der Waals surface area contributed by atoms with Gasteiger partial charge in [0.2, 0.25) is 0 Å². The number of aliphatic hydroxyl groups excluding tert-OH is 1. The van der Waals surface area contributed by atoms with Crippen molar-refractivity contribution in [3.63, 3.8) is 0 Å². The molecule has 6 unspecified atom stereocenters. The van der Waals surface area contributed by atoms with Crippen molar-refractivity contribution in [2.45, 2.75) is 79.8 Å². The highest BCUT2D eigenvalue weighted by molar-refractivity contribution is 6.12. The monoisotopic (exact) mass is 400 g/mol. The second kappa shape index (κ2) is 5.75. The Hall–Kier alpha value is -1.62. The van der Waals surface area contributed by atoms with Crippen molar-refractivity contribution in [1.29, 1.82) is 0 Å². The van der Waals surface area contributed by atoms with Crippen LogP contribution in [0.2, 0.25) is 0 Å². The van der Waals surface area contributed by atoms with E-state index in [1.165, 1.54) is 6.92 Å². The van der Waals surface area contributed by atoms with E-state index in [0.29, 0.717) is 24.0 Å². The zero-order valence-electron chi connectivity index (χ0n) is 18.3. The summed E-state index contributed by atoms with van der Waals surface area (Å²) < 4.78 is 0. The standard InChI is InChI=1S/C24H32O5/c1-12(25)13-9-18(29)24(6)20-14(26)10-16-21(2,3)17(28)7-8-22(16,4)19(20)15(27)11-23(13,24)5/h13,16,18,29H,7-11H2,1-6H3. The summed E-state index contributed by atoms with van der Waals surface area (Å²) in [4.78, 5) is 52.2. The molecule has 2 saturated carbocycles. The van der Waals surface area contributed by atoms with Crippen LogP contribution in [-0.4, -0.2) is 34.3 Å². The molecule has 0 aromatic rings. The Labute approximate surface area is 172 Å². The fraction of sp³-hybridized carbons (Fsp3) is 0.750. The van der Waals surface area contributed by atoms with E-state index in [9.17, 15) is 24.3 Å². The van der Waals surface area contributed by atoms with Crippen molar-refractivity contribution in [2.75, 3.05) is 0 Å². The Balaban J connectivity index is 1.99. The van der Waals surface area contributed by atoms with Gasteiger partial charge in [-0.2, -0.15) is 0 Å². The molecule has 4 rings (SSSR count). The number of aliphatic hydroxyl groups is 1. The van der Waals surface area contributed by atoms with E-state index in [4.69, 9.17) is 0 Å². The van der Waals surface area contributed by atoms with Gasteiger partial charge in [-0.05, 0) is 31.1 Å². The molecule has 0 aliphatic heterocycles. The summed E-state index contributed by atoms with van der Waals surface area (Å²) in [5.41, 5.74) is -1.93. The molecule has 5 nitrogen and oxygen atoms in total. The fourth-order valence-corrected chi connectivity index (χ4v) is 7.62. The molecule has 4 aliphatic carbocycles. The predicted molar refractivity (Wildman–Crippen MR) is 107 cm³/mol. The summed E-state index contributed by atoms with van der Waals surface area (Å²) in [5, 5.41) is 11.1. The van der Waals surface area contributed by atoms with Crippen LogP contribution in [0.25, 0.3) is 0 Å². The zero-order valence-corrected chi connectivity index (χ0v) is 18.3. The van der Waals surface area contributed by atoms with Crippen LogP contribution in [0.5, 0.6) is 0 Å². The maximum absolute atomic E-state index is 13.6. The fourth-order valence-electron chi connectivity index (χ4n) is 7.62.